The first kappa shape index (κ1) is 19.4. The zero-order chi connectivity index (χ0) is 20.1. The number of imidazole rings is 1. The molecule has 1 aliphatic rings. The number of rotatable bonds is 7. The van der Waals surface area contributed by atoms with Crippen LogP contribution in [0, 0.1) is 0 Å². The van der Waals surface area contributed by atoms with E-state index in [1.807, 2.05) is 34.9 Å². The Hall–Kier alpha value is -2.97. The number of hydrogen-bond donors (Lipinski definition) is 2. The maximum absolute atomic E-state index is 12.4. The van der Waals surface area contributed by atoms with E-state index in [0.717, 1.165) is 5.56 Å². The Balaban J connectivity index is 1.40. The van der Waals surface area contributed by atoms with Crippen molar-refractivity contribution in [2.75, 3.05) is 24.3 Å². The van der Waals surface area contributed by atoms with E-state index >= 15 is 0 Å². The molecule has 0 atom stereocenters. The van der Waals surface area contributed by atoms with E-state index in [4.69, 9.17) is 9.47 Å². The highest BCUT2D eigenvalue weighted by molar-refractivity contribution is 7.99. The molecule has 0 unspecified atom stereocenters. The number of thioether (sulfide) groups is 1. The van der Waals surface area contributed by atoms with Crippen LogP contribution >= 0.6 is 11.8 Å². The van der Waals surface area contributed by atoms with Gasteiger partial charge in [0.15, 0.2) is 16.7 Å². The number of fused-ring (bicyclic) bond motifs is 1. The standard InChI is InChI=1S/C21H21N3O4S/c25-13-17-11-22-21(24(17)12-15-4-2-1-3-5-15)29-14-20(26)23-16-6-7-18-19(10-16)28-9-8-27-18/h1-7,10-11,25H,8-9,12-14H2,(H,23,26). The molecule has 0 fully saturated rings. The van der Waals surface area contributed by atoms with Gasteiger partial charge in [0.25, 0.3) is 0 Å². The molecule has 0 spiro atoms. The topological polar surface area (TPSA) is 85.6 Å². The van der Waals surface area contributed by atoms with Gasteiger partial charge in [0.2, 0.25) is 5.91 Å². The Morgan fingerprint density at radius 1 is 1.14 bits per heavy atom. The lowest BCUT2D eigenvalue weighted by Gasteiger charge is -2.19. The molecule has 0 bridgehead atoms. The van der Waals surface area contributed by atoms with Gasteiger partial charge in [0.1, 0.15) is 13.2 Å². The number of ether oxygens (including phenoxy) is 2. The molecule has 8 heteroatoms. The van der Waals surface area contributed by atoms with Crippen LogP contribution in [0.3, 0.4) is 0 Å². The van der Waals surface area contributed by atoms with Crippen LogP contribution in [-0.2, 0) is 17.9 Å². The van der Waals surface area contributed by atoms with E-state index in [-0.39, 0.29) is 18.3 Å². The predicted octanol–water partition coefficient (Wildman–Crippen LogP) is 2.93. The van der Waals surface area contributed by atoms with Crippen molar-refractivity contribution in [2.24, 2.45) is 0 Å². The van der Waals surface area contributed by atoms with Crippen LogP contribution in [0.15, 0.2) is 59.9 Å². The van der Waals surface area contributed by atoms with Gasteiger partial charge in [-0.2, -0.15) is 0 Å². The summed E-state index contributed by atoms with van der Waals surface area (Å²) in [5.74, 6) is 1.37. The van der Waals surface area contributed by atoms with E-state index in [1.54, 1.807) is 24.4 Å². The highest BCUT2D eigenvalue weighted by Gasteiger charge is 2.15. The number of benzene rings is 2. The number of carbonyl (C=O) groups excluding carboxylic acids is 1. The summed E-state index contributed by atoms with van der Waals surface area (Å²) in [5.41, 5.74) is 2.47. The fourth-order valence-corrected chi connectivity index (χ4v) is 3.81. The Morgan fingerprint density at radius 3 is 2.72 bits per heavy atom. The summed E-state index contributed by atoms with van der Waals surface area (Å²) in [7, 11) is 0. The predicted molar refractivity (Wildman–Crippen MR) is 110 cm³/mol. The molecule has 1 aromatic heterocycles. The first-order valence-corrected chi connectivity index (χ1v) is 10.2. The van der Waals surface area contributed by atoms with Crippen molar-refractivity contribution in [3.63, 3.8) is 0 Å². The molecule has 0 saturated heterocycles. The Kier molecular flexibility index (Phi) is 6.02. The van der Waals surface area contributed by atoms with Gasteiger partial charge in [0.05, 0.1) is 24.3 Å². The molecular formula is C21H21N3O4S. The minimum Gasteiger partial charge on any atom is -0.486 e. The first-order chi connectivity index (χ1) is 14.2. The highest BCUT2D eigenvalue weighted by atomic mass is 32.2. The second-order valence-electron chi connectivity index (χ2n) is 6.46. The molecule has 1 aliphatic heterocycles. The third-order valence-corrected chi connectivity index (χ3v) is 5.40. The van der Waals surface area contributed by atoms with Crippen molar-refractivity contribution in [1.82, 2.24) is 9.55 Å². The summed E-state index contributed by atoms with van der Waals surface area (Å²) < 4.78 is 13.0. The van der Waals surface area contributed by atoms with E-state index in [2.05, 4.69) is 10.3 Å². The van der Waals surface area contributed by atoms with Crippen molar-refractivity contribution in [3.8, 4) is 11.5 Å². The third kappa shape index (κ3) is 4.72. The number of hydrogen-bond acceptors (Lipinski definition) is 6. The Labute approximate surface area is 172 Å². The monoisotopic (exact) mass is 411 g/mol. The number of nitrogens with zero attached hydrogens (tertiary/aromatic N) is 2. The molecule has 2 aromatic carbocycles. The number of aliphatic hydroxyl groups is 1. The SMILES string of the molecule is O=C(CSc1ncc(CO)n1Cc1ccccc1)Nc1ccc2c(c1)OCCO2. The van der Waals surface area contributed by atoms with Crippen molar-refractivity contribution < 1.29 is 19.4 Å². The maximum Gasteiger partial charge on any atom is 0.234 e. The number of aromatic nitrogens is 2. The summed E-state index contributed by atoms with van der Waals surface area (Å²) in [6.45, 7) is 1.50. The molecule has 1 amide bonds. The fraction of sp³-hybridized carbons (Fsp3) is 0.238. The van der Waals surface area contributed by atoms with E-state index in [1.165, 1.54) is 11.8 Å². The van der Waals surface area contributed by atoms with Gasteiger partial charge in [-0.15, -0.1) is 0 Å². The summed E-state index contributed by atoms with van der Waals surface area (Å²) >= 11 is 1.33. The number of carbonyl (C=O) groups is 1. The van der Waals surface area contributed by atoms with Crippen LogP contribution in [0.25, 0.3) is 0 Å². The van der Waals surface area contributed by atoms with Gasteiger partial charge in [0, 0.05) is 18.3 Å². The Morgan fingerprint density at radius 2 is 1.93 bits per heavy atom. The van der Waals surface area contributed by atoms with Crippen LogP contribution in [0.5, 0.6) is 11.5 Å². The molecule has 150 valence electrons. The summed E-state index contributed by atoms with van der Waals surface area (Å²) in [5, 5.41) is 13.2. The molecule has 7 nitrogen and oxygen atoms in total. The van der Waals surface area contributed by atoms with E-state index in [0.29, 0.717) is 47.8 Å². The lowest BCUT2D eigenvalue weighted by Crippen LogP contribution is -2.17. The highest BCUT2D eigenvalue weighted by Crippen LogP contribution is 2.32. The molecule has 3 aromatic rings. The van der Waals surface area contributed by atoms with Crippen molar-refractivity contribution in [3.05, 3.63) is 66.0 Å². The zero-order valence-electron chi connectivity index (χ0n) is 15.7. The average molecular weight is 411 g/mol. The third-order valence-electron chi connectivity index (χ3n) is 4.41. The number of nitrogens with one attached hydrogen (secondary N) is 1. The minimum atomic E-state index is -0.147. The molecule has 4 rings (SSSR count). The van der Waals surface area contributed by atoms with Gasteiger partial charge < -0.3 is 24.5 Å². The molecular weight excluding hydrogens is 390 g/mol. The average Bonchev–Trinajstić information content (AvgIpc) is 3.14. The molecule has 29 heavy (non-hydrogen) atoms. The smallest absolute Gasteiger partial charge is 0.234 e. The van der Waals surface area contributed by atoms with Crippen LogP contribution in [0.2, 0.25) is 0 Å². The lowest BCUT2D eigenvalue weighted by molar-refractivity contribution is -0.113. The fourth-order valence-electron chi connectivity index (χ4n) is 3.02. The molecule has 2 N–H and O–H groups in total. The minimum absolute atomic E-state index is 0.107. The Bertz CT molecular complexity index is 991. The van der Waals surface area contributed by atoms with E-state index in [9.17, 15) is 9.90 Å². The molecule has 0 saturated carbocycles. The quantitative estimate of drug-likeness (QED) is 0.582. The number of aliphatic hydroxyl groups excluding tert-OH is 1. The van der Waals surface area contributed by atoms with Gasteiger partial charge in [-0.05, 0) is 17.7 Å². The van der Waals surface area contributed by atoms with Gasteiger partial charge in [-0.25, -0.2) is 4.98 Å². The van der Waals surface area contributed by atoms with Gasteiger partial charge >= 0.3 is 0 Å². The van der Waals surface area contributed by atoms with Crippen LogP contribution < -0.4 is 14.8 Å². The van der Waals surface area contributed by atoms with Crippen molar-refractivity contribution in [2.45, 2.75) is 18.3 Å². The zero-order valence-corrected chi connectivity index (χ0v) is 16.5. The first-order valence-electron chi connectivity index (χ1n) is 9.24. The van der Waals surface area contributed by atoms with Gasteiger partial charge in [-0.3, -0.25) is 4.79 Å². The number of anilines is 1. The molecule has 0 aliphatic carbocycles. The van der Waals surface area contributed by atoms with Crippen molar-refractivity contribution >= 4 is 23.4 Å². The second kappa shape index (κ2) is 9.02. The lowest BCUT2D eigenvalue weighted by atomic mass is 10.2. The summed E-state index contributed by atoms with van der Waals surface area (Å²) in [6.07, 6.45) is 1.64. The largest absolute Gasteiger partial charge is 0.486 e. The van der Waals surface area contributed by atoms with Crippen LogP contribution in [0.1, 0.15) is 11.3 Å². The van der Waals surface area contributed by atoms with E-state index < -0.39 is 0 Å². The molecule has 0 radical (unpaired) electrons. The van der Waals surface area contributed by atoms with Crippen molar-refractivity contribution in [1.29, 1.82) is 0 Å². The van der Waals surface area contributed by atoms with Gasteiger partial charge in [-0.1, -0.05) is 42.1 Å². The van der Waals surface area contributed by atoms with Crippen LogP contribution in [0.4, 0.5) is 5.69 Å². The second-order valence-corrected chi connectivity index (χ2v) is 7.40. The normalized spacial score (nSPS) is 12.6. The molecule has 2 heterocycles. The summed E-state index contributed by atoms with van der Waals surface area (Å²) in [4.78, 5) is 16.8. The summed E-state index contributed by atoms with van der Waals surface area (Å²) in [6, 6.07) is 15.3. The maximum atomic E-state index is 12.4. The number of amides is 1. The van der Waals surface area contributed by atoms with Crippen LogP contribution in [-0.4, -0.2) is 39.5 Å².